The van der Waals surface area contributed by atoms with Crippen molar-refractivity contribution in [1.29, 1.82) is 0 Å². The van der Waals surface area contributed by atoms with Gasteiger partial charge in [-0.2, -0.15) is 0 Å². The lowest BCUT2D eigenvalue weighted by molar-refractivity contribution is 0.933. The Kier molecular flexibility index (Phi) is 2.13. The van der Waals surface area contributed by atoms with Crippen molar-refractivity contribution in [3.05, 3.63) is 23.8 Å². The average molecular weight is 190 g/mol. The van der Waals surface area contributed by atoms with Gasteiger partial charge in [-0.1, -0.05) is 19.1 Å². The van der Waals surface area contributed by atoms with Crippen LogP contribution < -0.4 is 11.3 Å². The number of aromatic nitrogens is 2. The topological polar surface area (TPSA) is 55.9 Å². The molecule has 0 spiro atoms. The summed E-state index contributed by atoms with van der Waals surface area (Å²) >= 11 is 0. The molecule has 0 aliphatic rings. The molecule has 0 radical (unpaired) electrons. The number of anilines is 1. The largest absolute Gasteiger partial charge is 0.312 e. The molecule has 0 unspecified atom stereocenters. The molecule has 0 amide bonds. The SMILES string of the molecule is CCc1cccc2nc(NN)n(C)c12. The summed E-state index contributed by atoms with van der Waals surface area (Å²) in [6, 6.07) is 6.13. The molecular formula is C10H14N4. The highest BCUT2D eigenvalue weighted by Crippen LogP contribution is 2.21. The van der Waals surface area contributed by atoms with Crippen LogP contribution in [0, 0.1) is 0 Å². The fraction of sp³-hybridized carbons (Fsp3) is 0.300. The van der Waals surface area contributed by atoms with Gasteiger partial charge in [-0.3, -0.25) is 5.43 Å². The van der Waals surface area contributed by atoms with E-state index in [0.29, 0.717) is 5.95 Å². The number of benzene rings is 1. The summed E-state index contributed by atoms with van der Waals surface area (Å²) < 4.78 is 1.98. The van der Waals surface area contributed by atoms with Crippen molar-refractivity contribution in [3.63, 3.8) is 0 Å². The molecule has 0 fully saturated rings. The first-order valence-corrected chi connectivity index (χ1v) is 4.68. The molecule has 3 N–H and O–H groups in total. The normalized spacial score (nSPS) is 10.8. The van der Waals surface area contributed by atoms with Crippen LogP contribution in [0.3, 0.4) is 0 Å². The minimum absolute atomic E-state index is 0.695. The molecular weight excluding hydrogens is 176 g/mol. The summed E-state index contributed by atoms with van der Waals surface area (Å²) in [5, 5.41) is 0. The Morgan fingerprint density at radius 1 is 1.50 bits per heavy atom. The standard InChI is InChI=1S/C10H14N4/c1-3-7-5-4-6-8-9(7)14(2)10(12-8)13-11/h4-6H,3,11H2,1-2H3,(H,12,13). The van der Waals surface area contributed by atoms with Crippen LogP contribution in [-0.4, -0.2) is 9.55 Å². The second-order valence-electron chi connectivity index (χ2n) is 3.28. The van der Waals surface area contributed by atoms with Crippen molar-refractivity contribution in [1.82, 2.24) is 9.55 Å². The summed E-state index contributed by atoms with van der Waals surface area (Å²) in [4.78, 5) is 4.37. The van der Waals surface area contributed by atoms with Gasteiger partial charge < -0.3 is 4.57 Å². The Bertz CT molecular complexity index is 458. The molecule has 1 heterocycles. The zero-order valence-electron chi connectivity index (χ0n) is 8.41. The maximum atomic E-state index is 5.37. The number of nitrogens with zero attached hydrogens (tertiary/aromatic N) is 2. The number of imidazole rings is 1. The Morgan fingerprint density at radius 3 is 2.93 bits per heavy atom. The van der Waals surface area contributed by atoms with Crippen LogP contribution in [0.4, 0.5) is 5.95 Å². The van der Waals surface area contributed by atoms with Crippen LogP contribution in [-0.2, 0) is 13.5 Å². The van der Waals surface area contributed by atoms with Gasteiger partial charge in [0.05, 0.1) is 11.0 Å². The Labute approximate surface area is 82.7 Å². The summed E-state index contributed by atoms with van der Waals surface area (Å²) in [6.07, 6.45) is 1.00. The number of nitrogen functional groups attached to an aromatic ring is 1. The van der Waals surface area contributed by atoms with Crippen LogP contribution in [0.2, 0.25) is 0 Å². The van der Waals surface area contributed by atoms with Gasteiger partial charge in [-0.25, -0.2) is 10.8 Å². The third-order valence-electron chi connectivity index (χ3n) is 2.49. The van der Waals surface area contributed by atoms with Gasteiger partial charge in [0.1, 0.15) is 0 Å². The van der Waals surface area contributed by atoms with E-state index in [4.69, 9.17) is 5.84 Å². The van der Waals surface area contributed by atoms with Crippen molar-refractivity contribution < 1.29 is 0 Å². The molecule has 0 aliphatic heterocycles. The third kappa shape index (κ3) is 1.15. The van der Waals surface area contributed by atoms with E-state index in [1.54, 1.807) is 0 Å². The van der Waals surface area contributed by atoms with Crippen molar-refractivity contribution in [2.24, 2.45) is 12.9 Å². The summed E-state index contributed by atoms with van der Waals surface area (Å²) in [5.74, 6) is 6.07. The van der Waals surface area contributed by atoms with Gasteiger partial charge in [0.2, 0.25) is 5.95 Å². The molecule has 74 valence electrons. The van der Waals surface area contributed by atoms with E-state index in [1.807, 2.05) is 23.7 Å². The number of rotatable bonds is 2. The smallest absolute Gasteiger partial charge is 0.218 e. The number of nitrogens with one attached hydrogen (secondary N) is 1. The van der Waals surface area contributed by atoms with Crippen molar-refractivity contribution in [2.75, 3.05) is 5.43 Å². The molecule has 0 saturated carbocycles. The van der Waals surface area contributed by atoms with Crippen LogP contribution in [0.5, 0.6) is 0 Å². The number of nitrogens with two attached hydrogens (primary N) is 1. The maximum Gasteiger partial charge on any atom is 0.218 e. The van der Waals surface area contributed by atoms with Crippen LogP contribution in [0.25, 0.3) is 11.0 Å². The second kappa shape index (κ2) is 3.31. The number of hydrazine groups is 1. The minimum atomic E-state index is 0.695. The molecule has 4 heteroatoms. The highest BCUT2D eigenvalue weighted by molar-refractivity contribution is 5.81. The maximum absolute atomic E-state index is 5.37. The van der Waals surface area contributed by atoms with E-state index in [0.717, 1.165) is 17.5 Å². The average Bonchev–Trinajstić information content (AvgIpc) is 2.55. The number of hydrogen-bond donors (Lipinski definition) is 2. The summed E-state index contributed by atoms with van der Waals surface area (Å²) in [5.41, 5.74) is 6.02. The van der Waals surface area contributed by atoms with Crippen molar-refractivity contribution in [2.45, 2.75) is 13.3 Å². The lowest BCUT2D eigenvalue weighted by atomic mass is 10.1. The number of hydrogen-bond acceptors (Lipinski definition) is 3. The first-order chi connectivity index (χ1) is 6.77. The van der Waals surface area contributed by atoms with Crippen molar-refractivity contribution in [3.8, 4) is 0 Å². The first kappa shape index (κ1) is 9.02. The van der Waals surface area contributed by atoms with Gasteiger partial charge in [-0.15, -0.1) is 0 Å². The third-order valence-corrected chi connectivity index (χ3v) is 2.49. The van der Waals surface area contributed by atoms with E-state index in [-0.39, 0.29) is 0 Å². The van der Waals surface area contributed by atoms with Gasteiger partial charge >= 0.3 is 0 Å². The number of aryl methyl sites for hydroxylation is 2. The molecule has 1 aromatic heterocycles. The quantitative estimate of drug-likeness (QED) is 0.556. The van der Waals surface area contributed by atoms with Crippen LogP contribution in [0.15, 0.2) is 18.2 Å². The molecule has 0 bridgehead atoms. The predicted octanol–water partition coefficient (Wildman–Crippen LogP) is 1.42. The van der Waals surface area contributed by atoms with Crippen LogP contribution >= 0.6 is 0 Å². The van der Waals surface area contributed by atoms with Gasteiger partial charge in [0, 0.05) is 7.05 Å². The Hall–Kier alpha value is -1.55. The van der Waals surface area contributed by atoms with Crippen LogP contribution in [0.1, 0.15) is 12.5 Å². The highest BCUT2D eigenvalue weighted by Gasteiger charge is 2.08. The highest BCUT2D eigenvalue weighted by atomic mass is 15.3. The van der Waals surface area contributed by atoms with E-state index >= 15 is 0 Å². The lowest BCUT2D eigenvalue weighted by Crippen LogP contribution is -2.11. The molecule has 2 rings (SSSR count). The molecule has 1 aromatic carbocycles. The molecule has 14 heavy (non-hydrogen) atoms. The fourth-order valence-corrected chi connectivity index (χ4v) is 1.76. The van der Waals surface area contributed by atoms with Gasteiger partial charge in [-0.05, 0) is 18.1 Å². The fourth-order valence-electron chi connectivity index (χ4n) is 1.76. The molecule has 0 aliphatic carbocycles. The van der Waals surface area contributed by atoms with E-state index < -0.39 is 0 Å². The number of fused-ring (bicyclic) bond motifs is 1. The predicted molar refractivity (Wildman–Crippen MR) is 57.9 cm³/mol. The second-order valence-corrected chi connectivity index (χ2v) is 3.28. The summed E-state index contributed by atoms with van der Waals surface area (Å²) in [6.45, 7) is 2.14. The van der Waals surface area contributed by atoms with Crippen molar-refractivity contribution >= 4 is 17.0 Å². The zero-order chi connectivity index (χ0) is 10.1. The minimum Gasteiger partial charge on any atom is -0.312 e. The summed E-state index contributed by atoms with van der Waals surface area (Å²) in [7, 11) is 1.96. The lowest BCUT2D eigenvalue weighted by Gasteiger charge is -2.03. The van der Waals surface area contributed by atoms with E-state index in [2.05, 4.69) is 23.4 Å². The molecule has 4 nitrogen and oxygen atoms in total. The molecule has 0 saturated heterocycles. The van der Waals surface area contributed by atoms with E-state index in [9.17, 15) is 0 Å². The monoisotopic (exact) mass is 190 g/mol. The van der Waals surface area contributed by atoms with Gasteiger partial charge in [0.25, 0.3) is 0 Å². The first-order valence-electron chi connectivity index (χ1n) is 4.68. The Balaban J connectivity index is 2.79. The molecule has 0 atom stereocenters. The molecule has 2 aromatic rings. The van der Waals surface area contributed by atoms with Gasteiger partial charge in [0.15, 0.2) is 0 Å². The number of para-hydroxylation sites is 1. The zero-order valence-corrected chi connectivity index (χ0v) is 8.41. The van der Waals surface area contributed by atoms with E-state index in [1.165, 1.54) is 5.56 Å². The Morgan fingerprint density at radius 2 is 2.29 bits per heavy atom.